The van der Waals surface area contributed by atoms with Gasteiger partial charge in [0.2, 0.25) is 6.41 Å². The fourth-order valence-corrected chi connectivity index (χ4v) is 4.30. The Labute approximate surface area is 101 Å². The molecule has 0 radical (unpaired) electrons. The van der Waals surface area contributed by atoms with Crippen LogP contribution in [-0.2, 0) is 9.63 Å². The molecule has 0 aromatic carbocycles. The fourth-order valence-electron chi connectivity index (χ4n) is 4.30. The van der Waals surface area contributed by atoms with Gasteiger partial charge in [0, 0.05) is 24.9 Å². The number of fused-ring (bicyclic) bond motifs is 2. The van der Waals surface area contributed by atoms with E-state index < -0.39 is 0 Å². The second-order valence-electron chi connectivity index (χ2n) is 6.28. The Hall–Kier alpha value is -1.06. The van der Waals surface area contributed by atoms with Gasteiger partial charge >= 0.3 is 0 Å². The minimum absolute atomic E-state index is 0.00341. The molecule has 0 aromatic rings. The minimum atomic E-state index is -0.00341. The lowest BCUT2D eigenvalue weighted by molar-refractivity contribution is -0.117. The molecule has 0 spiro atoms. The zero-order chi connectivity index (χ0) is 11.6. The van der Waals surface area contributed by atoms with Crippen molar-refractivity contribution < 1.29 is 9.63 Å². The van der Waals surface area contributed by atoms with Crippen molar-refractivity contribution in [2.45, 2.75) is 31.8 Å². The molecule has 3 fully saturated rings. The van der Waals surface area contributed by atoms with Crippen LogP contribution < -0.4 is 0 Å². The number of nitrogens with zero attached hydrogens (tertiary/aromatic N) is 2. The molecular weight excluding hydrogens is 216 g/mol. The molecule has 2 saturated carbocycles. The largest absolute Gasteiger partial charge is 0.389 e. The predicted octanol–water partition coefficient (Wildman–Crippen LogP) is 1.27. The van der Waals surface area contributed by atoms with Crippen molar-refractivity contribution in [3.8, 4) is 0 Å². The van der Waals surface area contributed by atoms with Gasteiger partial charge in [0.15, 0.2) is 0 Å². The third-order valence-electron chi connectivity index (χ3n) is 5.33. The van der Waals surface area contributed by atoms with E-state index in [1.54, 1.807) is 0 Å². The third-order valence-corrected chi connectivity index (χ3v) is 5.33. The van der Waals surface area contributed by atoms with Crippen LogP contribution in [0.15, 0.2) is 5.16 Å². The number of piperidine rings is 1. The van der Waals surface area contributed by atoms with Crippen LogP contribution in [0.1, 0.15) is 26.2 Å². The van der Waals surface area contributed by atoms with Crippen molar-refractivity contribution in [1.29, 1.82) is 0 Å². The molecule has 17 heavy (non-hydrogen) atoms. The first-order chi connectivity index (χ1) is 8.23. The van der Waals surface area contributed by atoms with Gasteiger partial charge in [-0.1, -0.05) is 5.16 Å². The van der Waals surface area contributed by atoms with Gasteiger partial charge in [-0.15, -0.1) is 0 Å². The number of rotatable bonds is 2. The van der Waals surface area contributed by atoms with Crippen LogP contribution >= 0.6 is 0 Å². The standard InChI is InChI=1S/C13H18N2O2/c1-13-4-2-3-10(13)12(14-17-13)11-8-5-15(7-16)6-9(8)11/h7-11H,2-6H2,1H3/t8-,9+,10?,11?,13?. The molecule has 4 heteroatoms. The summed E-state index contributed by atoms with van der Waals surface area (Å²) in [4.78, 5) is 18.3. The van der Waals surface area contributed by atoms with E-state index in [2.05, 4.69) is 12.1 Å². The van der Waals surface area contributed by atoms with Crippen LogP contribution in [0.3, 0.4) is 0 Å². The van der Waals surface area contributed by atoms with Crippen molar-refractivity contribution in [3.63, 3.8) is 0 Å². The smallest absolute Gasteiger partial charge is 0.209 e. The van der Waals surface area contributed by atoms with Crippen molar-refractivity contribution in [2.24, 2.45) is 28.8 Å². The number of amides is 1. The summed E-state index contributed by atoms with van der Waals surface area (Å²) < 4.78 is 0. The summed E-state index contributed by atoms with van der Waals surface area (Å²) in [7, 11) is 0. The summed E-state index contributed by atoms with van der Waals surface area (Å²) in [5.41, 5.74) is 1.32. The SMILES string of the molecule is CC12CCCC1C(C1[C@H]3CN(C=O)C[C@@H]13)=NO2. The van der Waals surface area contributed by atoms with E-state index in [4.69, 9.17) is 4.84 Å². The molecule has 0 bridgehead atoms. The fraction of sp³-hybridized carbons (Fsp3) is 0.846. The molecule has 2 heterocycles. The maximum Gasteiger partial charge on any atom is 0.209 e. The van der Waals surface area contributed by atoms with E-state index >= 15 is 0 Å². The second-order valence-corrected chi connectivity index (χ2v) is 6.28. The van der Waals surface area contributed by atoms with E-state index in [1.165, 1.54) is 18.6 Å². The number of likely N-dealkylation sites (tertiary alicyclic amines) is 1. The van der Waals surface area contributed by atoms with Crippen LogP contribution in [0.2, 0.25) is 0 Å². The number of hydrogen-bond donors (Lipinski definition) is 0. The van der Waals surface area contributed by atoms with Gasteiger partial charge in [-0.25, -0.2) is 0 Å². The summed E-state index contributed by atoms with van der Waals surface area (Å²) >= 11 is 0. The monoisotopic (exact) mass is 234 g/mol. The molecular formula is C13H18N2O2. The van der Waals surface area contributed by atoms with Crippen LogP contribution in [-0.4, -0.2) is 35.7 Å². The van der Waals surface area contributed by atoms with Gasteiger partial charge in [0.05, 0.1) is 5.71 Å². The average Bonchev–Trinajstić information content (AvgIpc) is 2.73. The minimum Gasteiger partial charge on any atom is -0.389 e. The van der Waals surface area contributed by atoms with E-state index in [0.29, 0.717) is 23.7 Å². The molecule has 1 saturated heterocycles. The maximum absolute atomic E-state index is 10.7. The summed E-state index contributed by atoms with van der Waals surface area (Å²) in [6.45, 7) is 4.07. The normalized spacial score (nSPS) is 50.6. The molecule has 1 amide bonds. The number of hydrogen-bond acceptors (Lipinski definition) is 3. The lowest BCUT2D eigenvalue weighted by Gasteiger charge is -2.22. The van der Waals surface area contributed by atoms with Crippen LogP contribution in [0.5, 0.6) is 0 Å². The first kappa shape index (κ1) is 9.92. The number of carbonyl (C=O) groups excluding carboxylic acids is 1. The molecule has 5 atom stereocenters. The predicted molar refractivity (Wildman–Crippen MR) is 62.4 cm³/mol. The molecule has 0 aromatic heterocycles. The Balaban J connectivity index is 1.51. The zero-order valence-electron chi connectivity index (χ0n) is 10.1. The molecule has 3 unspecified atom stereocenters. The number of carbonyl (C=O) groups is 1. The summed E-state index contributed by atoms with van der Waals surface area (Å²) in [5.74, 6) is 2.52. The van der Waals surface area contributed by atoms with Gasteiger partial charge in [0.25, 0.3) is 0 Å². The first-order valence-corrected chi connectivity index (χ1v) is 6.68. The van der Waals surface area contributed by atoms with Crippen LogP contribution in [0, 0.1) is 23.7 Å². The second kappa shape index (κ2) is 3.03. The van der Waals surface area contributed by atoms with Crippen molar-refractivity contribution >= 4 is 12.1 Å². The summed E-state index contributed by atoms with van der Waals surface area (Å²) in [5, 5.41) is 4.40. The molecule has 2 aliphatic heterocycles. The molecule has 4 nitrogen and oxygen atoms in total. The van der Waals surface area contributed by atoms with Gasteiger partial charge in [-0.3, -0.25) is 4.79 Å². The molecule has 92 valence electrons. The van der Waals surface area contributed by atoms with Crippen molar-refractivity contribution in [3.05, 3.63) is 0 Å². The Morgan fingerprint density at radius 1 is 1.47 bits per heavy atom. The van der Waals surface area contributed by atoms with Gasteiger partial charge in [-0.05, 0) is 38.0 Å². The lowest BCUT2D eigenvalue weighted by Crippen LogP contribution is -2.33. The Morgan fingerprint density at radius 3 is 2.94 bits per heavy atom. The molecule has 4 aliphatic rings. The Bertz CT molecular complexity index is 396. The van der Waals surface area contributed by atoms with Crippen LogP contribution in [0.4, 0.5) is 0 Å². The average molecular weight is 234 g/mol. The van der Waals surface area contributed by atoms with Crippen LogP contribution in [0.25, 0.3) is 0 Å². The highest BCUT2D eigenvalue weighted by Gasteiger charge is 2.63. The lowest BCUT2D eigenvalue weighted by atomic mass is 9.86. The highest BCUT2D eigenvalue weighted by molar-refractivity contribution is 5.94. The Kier molecular flexibility index (Phi) is 1.77. The molecule has 0 N–H and O–H groups in total. The summed E-state index contributed by atoms with van der Waals surface area (Å²) in [6.07, 6.45) is 4.63. The zero-order valence-corrected chi connectivity index (χ0v) is 10.1. The van der Waals surface area contributed by atoms with E-state index in [9.17, 15) is 4.79 Å². The van der Waals surface area contributed by atoms with Crippen molar-refractivity contribution in [2.75, 3.05) is 13.1 Å². The highest BCUT2D eigenvalue weighted by Crippen LogP contribution is 2.57. The number of oxime groups is 1. The van der Waals surface area contributed by atoms with Gasteiger partial charge in [-0.2, -0.15) is 0 Å². The third kappa shape index (κ3) is 1.19. The molecule has 4 rings (SSSR count). The van der Waals surface area contributed by atoms with Gasteiger partial charge < -0.3 is 9.74 Å². The van der Waals surface area contributed by atoms with E-state index in [0.717, 1.165) is 25.9 Å². The highest BCUT2D eigenvalue weighted by atomic mass is 16.7. The first-order valence-electron chi connectivity index (χ1n) is 6.68. The van der Waals surface area contributed by atoms with E-state index in [-0.39, 0.29) is 5.60 Å². The quantitative estimate of drug-likeness (QED) is 0.675. The maximum atomic E-state index is 10.7. The topological polar surface area (TPSA) is 41.9 Å². The summed E-state index contributed by atoms with van der Waals surface area (Å²) in [6, 6.07) is 0. The van der Waals surface area contributed by atoms with Gasteiger partial charge in [0.1, 0.15) is 5.60 Å². The van der Waals surface area contributed by atoms with Crippen molar-refractivity contribution in [1.82, 2.24) is 4.90 Å². The Morgan fingerprint density at radius 2 is 2.24 bits per heavy atom. The molecule has 2 aliphatic carbocycles. The van der Waals surface area contributed by atoms with E-state index in [1.807, 2.05) is 4.90 Å².